The van der Waals surface area contributed by atoms with Gasteiger partial charge in [-0.1, -0.05) is 58.7 Å². The minimum atomic E-state index is 0.0262. The topological polar surface area (TPSA) is 0 Å². The molecule has 15 heavy (non-hydrogen) atoms. The van der Waals surface area contributed by atoms with E-state index in [1.807, 2.05) is 12.2 Å². The van der Waals surface area contributed by atoms with Crippen LogP contribution in [0.5, 0.6) is 0 Å². The van der Waals surface area contributed by atoms with Crippen LogP contribution >= 0.6 is 0 Å². The van der Waals surface area contributed by atoms with Crippen molar-refractivity contribution < 1.29 is 0 Å². The van der Waals surface area contributed by atoms with Gasteiger partial charge < -0.3 is 0 Å². The van der Waals surface area contributed by atoms with Crippen molar-refractivity contribution in [3.05, 3.63) is 60.3 Å². The van der Waals surface area contributed by atoms with Crippen molar-refractivity contribution in [1.29, 1.82) is 0 Å². The molecule has 0 amide bonds. The van der Waals surface area contributed by atoms with E-state index in [2.05, 4.69) is 46.6 Å². The first-order valence-electron chi connectivity index (χ1n) is 5.39. The maximum Gasteiger partial charge on any atom is 0.0155 e. The van der Waals surface area contributed by atoms with Crippen molar-refractivity contribution in [2.45, 2.75) is 27.2 Å². The van der Waals surface area contributed by atoms with E-state index in [1.54, 1.807) is 0 Å². The van der Waals surface area contributed by atoms with Gasteiger partial charge in [0, 0.05) is 5.41 Å². The molecule has 0 spiro atoms. The standard InChI is InChI=1S/C15H20/c1-7-10-14-11(4)12(8-2)13(9-3)15(14,5)6/h7,9-10H,1,3-4,8H2,2,5-6H3/b14-10+. The van der Waals surface area contributed by atoms with Crippen LogP contribution in [0.1, 0.15) is 27.2 Å². The Kier molecular flexibility index (Phi) is 3.18. The van der Waals surface area contributed by atoms with Crippen LogP contribution in [0.3, 0.4) is 0 Å². The van der Waals surface area contributed by atoms with Gasteiger partial charge in [-0.15, -0.1) is 0 Å². The Morgan fingerprint density at radius 2 is 1.87 bits per heavy atom. The zero-order valence-electron chi connectivity index (χ0n) is 10.1. The Morgan fingerprint density at radius 1 is 1.27 bits per heavy atom. The average Bonchev–Trinajstić information content (AvgIpc) is 2.37. The summed E-state index contributed by atoms with van der Waals surface area (Å²) in [6, 6.07) is 0. The van der Waals surface area contributed by atoms with Gasteiger partial charge in [0.05, 0.1) is 0 Å². The first-order chi connectivity index (χ1) is 7.00. The molecule has 0 unspecified atom stereocenters. The summed E-state index contributed by atoms with van der Waals surface area (Å²) in [4.78, 5) is 0. The van der Waals surface area contributed by atoms with Crippen LogP contribution in [-0.4, -0.2) is 0 Å². The van der Waals surface area contributed by atoms with Crippen LogP contribution in [0.15, 0.2) is 60.3 Å². The van der Waals surface area contributed by atoms with Gasteiger partial charge in [0.25, 0.3) is 0 Å². The molecule has 80 valence electrons. The molecule has 0 atom stereocenters. The highest BCUT2D eigenvalue weighted by Crippen LogP contribution is 2.50. The summed E-state index contributed by atoms with van der Waals surface area (Å²) in [7, 11) is 0. The fourth-order valence-corrected chi connectivity index (χ4v) is 2.43. The second-order valence-electron chi connectivity index (χ2n) is 4.37. The molecule has 0 bridgehead atoms. The molecule has 0 aromatic heterocycles. The van der Waals surface area contributed by atoms with E-state index in [0.717, 1.165) is 12.0 Å². The molecule has 0 saturated carbocycles. The van der Waals surface area contributed by atoms with Gasteiger partial charge in [0.1, 0.15) is 0 Å². The largest absolute Gasteiger partial charge is 0.0991 e. The van der Waals surface area contributed by atoms with Crippen molar-refractivity contribution in [2.75, 3.05) is 0 Å². The van der Waals surface area contributed by atoms with Crippen LogP contribution in [0.4, 0.5) is 0 Å². The molecule has 1 rings (SSSR count). The van der Waals surface area contributed by atoms with E-state index in [0.29, 0.717) is 0 Å². The van der Waals surface area contributed by atoms with Gasteiger partial charge in [-0.2, -0.15) is 0 Å². The first kappa shape index (κ1) is 11.8. The summed E-state index contributed by atoms with van der Waals surface area (Å²) in [6.45, 7) is 18.5. The first-order valence-corrected chi connectivity index (χ1v) is 5.39. The smallest absolute Gasteiger partial charge is 0.0155 e. The van der Waals surface area contributed by atoms with Crippen LogP contribution in [0.25, 0.3) is 0 Å². The number of hydrogen-bond donors (Lipinski definition) is 0. The van der Waals surface area contributed by atoms with E-state index < -0.39 is 0 Å². The van der Waals surface area contributed by atoms with Crippen LogP contribution < -0.4 is 0 Å². The Morgan fingerprint density at radius 3 is 2.20 bits per heavy atom. The minimum Gasteiger partial charge on any atom is -0.0991 e. The second kappa shape index (κ2) is 4.06. The predicted molar refractivity (Wildman–Crippen MR) is 68.7 cm³/mol. The number of allylic oxidation sites excluding steroid dienone is 7. The molecule has 0 N–H and O–H groups in total. The summed E-state index contributed by atoms with van der Waals surface area (Å²) in [5.41, 5.74) is 5.09. The average molecular weight is 200 g/mol. The van der Waals surface area contributed by atoms with Crippen LogP contribution in [0.2, 0.25) is 0 Å². The molecular formula is C15H20. The fraction of sp³-hybridized carbons (Fsp3) is 0.333. The highest BCUT2D eigenvalue weighted by molar-refractivity contribution is 5.63. The molecule has 0 nitrogen and oxygen atoms in total. The Balaban J connectivity index is 3.40. The van der Waals surface area contributed by atoms with Crippen molar-refractivity contribution in [3.63, 3.8) is 0 Å². The lowest BCUT2D eigenvalue weighted by Crippen LogP contribution is -2.12. The van der Waals surface area contributed by atoms with Crippen LogP contribution in [-0.2, 0) is 0 Å². The lowest BCUT2D eigenvalue weighted by atomic mass is 9.80. The maximum atomic E-state index is 4.18. The van der Waals surface area contributed by atoms with Crippen molar-refractivity contribution in [2.24, 2.45) is 5.41 Å². The third kappa shape index (κ3) is 1.65. The third-order valence-electron chi connectivity index (χ3n) is 3.20. The molecule has 0 aliphatic heterocycles. The monoisotopic (exact) mass is 200 g/mol. The minimum absolute atomic E-state index is 0.0262. The highest BCUT2D eigenvalue weighted by atomic mass is 14.4. The Hall–Kier alpha value is -1.30. The molecule has 0 heterocycles. The highest BCUT2D eigenvalue weighted by Gasteiger charge is 2.36. The van der Waals surface area contributed by atoms with E-state index in [-0.39, 0.29) is 5.41 Å². The Bertz CT molecular complexity index is 373. The lowest BCUT2D eigenvalue weighted by Gasteiger charge is -2.23. The second-order valence-corrected chi connectivity index (χ2v) is 4.37. The molecule has 1 aliphatic carbocycles. The molecular weight excluding hydrogens is 180 g/mol. The van der Waals surface area contributed by atoms with Crippen LogP contribution in [0, 0.1) is 5.41 Å². The van der Waals surface area contributed by atoms with Gasteiger partial charge >= 0.3 is 0 Å². The zero-order valence-corrected chi connectivity index (χ0v) is 10.1. The van der Waals surface area contributed by atoms with Crippen molar-refractivity contribution in [1.82, 2.24) is 0 Å². The van der Waals surface area contributed by atoms with E-state index in [9.17, 15) is 0 Å². The summed E-state index contributed by atoms with van der Waals surface area (Å²) < 4.78 is 0. The van der Waals surface area contributed by atoms with Gasteiger partial charge in [-0.25, -0.2) is 0 Å². The van der Waals surface area contributed by atoms with Crippen molar-refractivity contribution in [3.8, 4) is 0 Å². The summed E-state index contributed by atoms with van der Waals surface area (Å²) >= 11 is 0. The Labute approximate surface area is 93.4 Å². The molecule has 0 fully saturated rings. The number of rotatable bonds is 3. The quantitative estimate of drug-likeness (QED) is 0.625. The number of hydrogen-bond acceptors (Lipinski definition) is 0. The fourth-order valence-electron chi connectivity index (χ4n) is 2.43. The molecule has 0 aromatic carbocycles. The maximum absolute atomic E-state index is 4.18. The van der Waals surface area contributed by atoms with Gasteiger partial charge in [-0.3, -0.25) is 0 Å². The summed E-state index contributed by atoms with van der Waals surface area (Å²) in [5.74, 6) is 0. The van der Waals surface area contributed by atoms with Gasteiger partial charge in [-0.05, 0) is 28.7 Å². The predicted octanol–water partition coefficient (Wildman–Crippen LogP) is 4.59. The van der Waals surface area contributed by atoms with E-state index in [4.69, 9.17) is 0 Å². The summed E-state index contributed by atoms with van der Waals surface area (Å²) in [6.07, 6.45) is 6.88. The lowest BCUT2D eigenvalue weighted by molar-refractivity contribution is 0.578. The van der Waals surface area contributed by atoms with Crippen molar-refractivity contribution >= 4 is 0 Å². The SMILES string of the molecule is C=C/C=C1\C(=C)C(CC)=C(C=C)C1(C)C. The van der Waals surface area contributed by atoms with Gasteiger partial charge in [0.2, 0.25) is 0 Å². The molecule has 0 heteroatoms. The van der Waals surface area contributed by atoms with Gasteiger partial charge in [0.15, 0.2) is 0 Å². The van der Waals surface area contributed by atoms with E-state index >= 15 is 0 Å². The normalized spacial score (nSPS) is 22.3. The van der Waals surface area contributed by atoms with E-state index in [1.165, 1.54) is 16.7 Å². The molecule has 0 radical (unpaired) electrons. The third-order valence-corrected chi connectivity index (χ3v) is 3.20. The summed E-state index contributed by atoms with van der Waals surface area (Å²) in [5, 5.41) is 0. The molecule has 0 saturated heterocycles. The zero-order chi connectivity index (χ0) is 11.6. The molecule has 0 aromatic rings. The molecule has 1 aliphatic rings.